The second-order valence-electron chi connectivity index (χ2n) is 6.99. The number of carbonyl (C=O) groups excluding carboxylic acids is 1. The minimum Gasteiger partial charge on any atom is -0.449 e. The normalized spacial score (nSPS) is 35.3. The van der Waals surface area contributed by atoms with Gasteiger partial charge in [0.25, 0.3) is 0 Å². The second kappa shape index (κ2) is 4.54. The molecular weight excluding hydrogens is 293 g/mol. The highest BCUT2D eigenvalue weighted by molar-refractivity contribution is 5.91. The first-order valence-electron chi connectivity index (χ1n) is 8.36. The number of carbonyl (C=O) groups is 1. The summed E-state index contributed by atoms with van der Waals surface area (Å²) < 4.78 is 19.1. The SMILES string of the molecule is O=C1C=C2C=C(c3ccc(F)cc3)[C@@H]3C[C@@]2(O1)[C@H]1CCCCN31. The minimum atomic E-state index is -0.439. The first kappa shape index (κ1) is 13.5. The van der Waals surface area contributed by atoms with Crippen molar-refractivity contribution in [3.05, 3.63) is 53.4 Å². The van der Waals surface area contributed by atoms with E-state index < -0.39 is 5.60 Å². The van der Waals surface area contributed by atoms with Gasteiger partial charge in [0, 0.05) is 24.1 Å². The highest BCUT2D eigenvalue weighted by atomic mass is 19.1. The molecule has 3 heterocycles. The van der Waals surface area contributed by atoms with Gasteiger partial charge in [-0.3, -0.25) is 4.90 Å². The number of nitrogens with zero attached hydrogens (tertiary/aromatic N) is 1. The van der Waals surface area contributed by atoms with Gasteiger partial charge < -0.3 is 4.74 Å². The van der Waals surface area contributed by atoms with E-state index in [1.165, 1.54) is 30.5 Å². The monoisotopic (exact) mass is 311 g/mol. The number of fused-ring (bicyclic) bond motifs is 3. The third-order valence-electron chi connectivity index (χ3n) is 5.87. The van der Waals surface area contributed by atoms with Gasteiger partial charge in [-0.1, -0.05) is 18.6 Å². The molecule has 4 heteroatoms. The van der Waals surface area contributed by atoms with Crippen LogP contribution in [-0.2, 0) is 9.53 Å². The molecule has 2 fully saturated rings. The maximum Gasteiger partial charge on any atom is 0.332 e. The summed E-state index contributed by atoms with van der Waals surface area (Å²) in [6.45, 7) is 1.04. The summed E-state index contributed by atoms with van der Waals surface area (Å²) in [6.07, 6.45) is 8.05. The van der Waals surface area contributed by atoms with Gasteiger partial charge in [0.1, 0.15) is 5.82 Å². The van der Waals surface area contributed by atoms with E-state index in [0.29, 0.717) is 0 Å². The van der Waals surface area contributed by atoms with Crippen molar-refractivity contribution in [3.8, 4) is 0 Å². The van der Waals surface area contributed by atoms with Gasteiger partial charge in [0.2, 0.25) is 0 Å². The Balaban J connectivity index is 1.66. The maximum atomic E-state index is 13.3. The second-order valence-corrected chi connectivity index (χ2v) is 6.99. The van der Waals surface area contributed by atoms with Crippen molar-refractivity contribution in [2.45, 2.75) is 43.4 Å². The van der Waals surface area contributed by atoms with Crippen LogP contribution in [-0.4, -0.2) is 35.1 Å². The summed E-state index contributed by atoms with van der Waals surface area (Å²) >= 11 is 0. The first-order chi connectivity index (χ1) is 11.2. The number of benzene rings is 1. The van der Waals surface area contributed by atoms with Crippen LogP contribution in [0, 0.1) is 5.82 Å². The highest BCUT2D eigenvalue weighted by Crippen LogP contribution is 2.54. The average Bonchev–Trinajstić information content (AvgIpc) is 3.04. The first-order valence-corrected chi connectivity index (χ1v) is 8.36. The van der Waals surface area contributed by atoms with Crippen LogP contribution in [0.25, 0.3) is 5.57 Å². The van der Waals surface area contributed by atoms with Crippen molar-refractivity contribution >= 4 is 11.5 Å². The summed E-state index contributed by atoms with van der Waals surface area (Å²) in [5, 5.41) is 0. The largest absolute Gasteiger partial charge is 0.449 e. The topological polar surface area (TPSA) is 29.5 Å². The van der Waals surface area contributed by atoms with E-state index in [4.69, 9.17) is 4.74 Å². The molecule has 2 saturated heterocycles. The Morgan fingerprint density at radius 2 is 2.00 bits per heavy atom. The van der Waals surface area contributed by atoms with E-state index >= 15 is 0 Å². The van der Waals surface area contributed by atoms with Gasteiger partial charge >= 0.3 is 5.97 Å². The summed E-state index contributed by atoms with van der Waals surface area (Å²) in [5.41, 5.74) is 2.80. The number of hydrogen-bond donors (Lipinski definition) is 0. The molecule has 1 spiro atoms. The third-order valence-corrected chi connectivity index (χ3v) is 5.87. The average molecular weight is 311 g/mol. The van der Waals surface area contributed by atoms with Gasteiger partial charge in [-0.05, 0) is 48.7 Å². The summed E-state index contributed by atoms with van der Waals surface area (Å²) in [4.78, 5) is 14.5. The molecule has 118 valence electrons. The molecule has 1 aromatic carbocycles. The summed E-state index contributed by atoms with van der Waals surface area (Å²) in [5.74, 6) is -0.442. The zero-order valence-electron chi connectivity index (χ0n) is 12.8. The molecule has 0 saturated carbocycles. The van der Waals surface area contributed by atoms with Crippen LogP contribution < -0.4 is 0 Å². The van der Waals surface area contributed by atoms with Crippen LogP contribution in [0.2, 0.25) is 0 Å². The lowest BCUT2D eigenvalue weighted by Crippen LogP contribution is -2.48. The van der Waals surface area contributed by atoms with Gasteiger partial charge in [0.15, 0.2) is 5.60 Å². The van der Waals surface area contributed by atoms with Gasteiger partial charge in [-0.2, -0.15) is 0 Å². The van der Waals surface area contributed by atoms with Crippen molar-refractivity contribution in [3.63, 3.8) is 0 Å². The number of halogens is 1. The number of ether oxygens (including phenoxy) is 1. The summed E-state index contributed by atoms with van der Waals surface area (Å²) in [6, 6.07) is 7.23. The molecule has 3 nitrogen and oxygen atoms in total. The summed E-state index contributed by atoms with van der Waals surface area (Å²) in [7, 11) is 0. The molecule has 0 radical (unpaired) electrons. The molecule has 4 aliphatic rings. The lowest BCUT2D eigenvalue weighted by molar-refractivity contribution is -0.148. The molecule has 5 rings (SSSR count). The zero-order valence-corrected chi connectivity index (χ0v) is 12.8. The van der Waals surface area contributed by atoms with Crippen LogP contribution in [0.5, 0.6) is 0 Å². The van der Waals surface area contributed by atoms with Crippen LogP contribution in [0.4, 0.5) is 4.39 Å². The van der Waals surface area contributed by atoms with Crippen LogP contribution in [0.1, 0.15) is 31.2 Å². The Morgan fingerprint density at radius 1 is 1.17 bits per heavy atom. The number of esters is 1. The fourth-order valence-electron chi connectivity index (χ4n) is 4.94. The fourth-order valence-corrected chi connectivity index (χ4v) is 4.94. The van der Waals surface area contributed by atoms with Gasteiger partial charge in [-0.25, -0.2) is 9.18 Å². The Morgan fingerprint density at radius 3 is 2.83 bits per heavy atom. The Labute approximate surface area is 134 Å². The molecule has 0 unspecified atom stereocenters. The van der Waals surface area contributed by atoms with E-state index in [1.54, 1.807) is 6.08 Å². The number of rotatable bonds is 1. The molecular formula is C19H18FNO2. The molecule has 0 amide bonds. The van der Waals surface area contributed by atoms with Gasteiger partial charge in [0.05, 0.1) is 6.04 Å². The highest BCUT2D eigenvalue weighted by Gasteiger charge is 2.61. The molecule has 3 atom stereocenters. The van der Waals surface area contributed by atoms with E-state index in [0.717, 1.165) is 30.5 Å². The van der Waals surface area contributed by atoms with Crippen molar-refractivity contribution in [1.82, 2.24) is 4.90 Å². The van der Waals surface area contributed by atoms with E-state index in [2.05, 4.69) is 11.0 Å². The molecule has 23 heavy (non-hydrogen) atoms. The lowest BCUT2D eigenvalue weighted by Gasteiger charge is -2.37. The van der Waals surface area contributed by atoms with E-state index in [1.807, 2.05) is 12.1 Å². The number of hydrogen-bond acceptors (Lipinski definition) is 3. The molecule has 1 aromatic rings. The van der Waals surface area contributed by atoms with Crippen LogP contribution in [0.15, 0.2) is 42.0 Å². The van der Waals surface area contributed by atoms with Crippen molar-refractivity contribution in [2.24, 2.45) is 0 Å². The third kappa shape index (κ3) is 1.75. The molecule has 3 aliphatic heterocycles. The van der Waals surface area contributed by atoms with Crippen LogP contribution >= 0.6 is 0 Å². The Bertz CT molecular complexity index is 751. The van der Waals surface area contributed by atoms with E-state index in [9.17, 15) is 9.18 Å². The van der Waals surface area contributed by atoms with E-state index in [-0.39, 0.29) is 23.9 Å². The maximum absolute atomic E-state index is 13.3. The Kier molecular flexibility index (Phi) is 2.66. The quantitative estimate of drug-likeness (QED) is 0.747. The standard InChI is InChI=1S/C19H18FNO2/c20-14-6-4-12(5-7-14)15-9-13-10-18(22)23-19(13)11-16(15)21-8-2-1-3-17(19)21/h4-7,9-10,16-17H,1-3,8,11H2/t16-,17+,19-/m0/s1. The predicted octanol–water partition coefficient (Wildman–Crippen LogP) is 3.07. The van der Waals surface area contributed by atoms with Crippen molar-refractivity contribution in [2.75, 3.05) is 6.54 Å². The van der Waals surface area contributed by atoms with Crippen LogP contribution in [0.3, 0.4) is 0 Å². The lowest BCUT2D eigenvalue weighted by atomic mass is 9.77. The molecule has 0 N–H and O–H groups in total. The van der Waals surface area contributed by atoms with Gasteiger partial charge in [-0.15, -0.1) is 0 Å². The predicted molar refractivity (Wildman–Crippen MR) is 84.0 cm³/mol. The zero-order chi connectivity index (χ0) is 15.6. The van der Waals surface area contributed by atoms with Crippen molar-refractivity contribution < 1.29 is 13.9 Å². The van der Waals surface area contributed by atoms with Crippen molar-refractivity contribution in [1.29, 1.82) is 0 Å². The fraction of sp³-hybridized carbons (Fsp3) is 0.421. The smallest absolute Gasteiger partial charge is 0.332 e. The molecule has 0 aromatic heterocycles. The molecule has 1 aliphatic carbocycles. The minimum absolute atomic E-state index is 0.220. The Hall–Kier alpha value is -1.94. The number of piperidine rings is 1. The molecule has 2 bridgehead atoms.